The first-order valence-corrected chi connectivity index (χ1v) is 9.56. The van der Waals surface area contributed by atoms with Crippen molar-refractivity contribution in [3.05, 3.63) is 53.4 Å². The fraction of sp³-hybridized carbons (Fsp3) is 0.455. The first kappa shape index (κ1) is 15.1. The third-order valence-electron chi connectivity index (χ3n) is 6.59. The average Bonchev–Trinajstić information content (AvgIpc) is 3.25. The van der Waals surface area contributed by atoms with Gasteiger partial charge in [0.2, 0.25) is 5.71 Å². The van der Waals surface area contributed by atoms with Crippen LogP contribution in [0, 0.1) is 6.92 Å². The first-order chi connectivity index (χ1) is 12.1. The van der Waals surface area contributed by atoms with Crippen molar-refractivity contribution in [1.29, 1.82) is 0 Å². The Hall–Kier alpha value is -2.16. The van der Waals surface area contributed by atoms with Crippen molar-refractivity contribution in [1.82, 2.24) is 4.57 Å². The molecule has 25 heavy (non-hydrogen) atoms. The van der Waals surface area contributed by atoms with E-state index in [1.807, 2.05) is 6.26 Å². The summed E-state index contributed by atoms with van der Waals surface area (Å²) in [6, 6.07) is 11.4. The molecule has 0 bridgehead atoms. The largest absolute Gasteiger partial charge is 0.448 e. The first-order valence-electron chi connectivity index (χ1n) is 9.56. The molecule has 3 heteroatoms. The molecule has 1 aliphatic carbocycles. The van der Waals surface area contributed by atoms with E-state index in [0.29, 0.717) is 6.04 Å². The number of aryl methyl sites for hydroxylation is 2. The van der Waals surface area contributed by atoms with Gasteiger partial charge in [-0.15, -0.1) is 0 Å². The molecule has 3 aromatic rings. The summed E-state index contributed by atoms with van der Waals surface area (Å²) in [5.41, 5.74) is 6.88. The number of para-hydroxylation sites is 1. The summed E-state index contributed by atoms with van der Waals surface area (Å²) in [7, 11) is 2.19. The van der Waals surface area contributed by atoms with E-state index >= 15 is 0 Å². The maximum atomic E-state index is 5.84. The number of hydrogen-bond acceptors (Lipinski definition) is 2. The van der Waals surface area contributed by atoms with Gasteiger partial charge < -0.3 is 13.9 Å². The lowest BCUT2D eigenvalue weighted by molar-refractivity contribution is 0.272. The van der Waals surface area contributed by atoms with E-state index in [-0.39, 0.29) is 5.54 Å². The lowest BCUT2D eigenvalue weighted by Gasteiger charge is -2.46. The summed E-state index contributed by atoms with van der Waals surface area (Å²) in [5, 5.41) is 1.30. The number of aromatic nitrogens is 1. The summed E-state index contributed by atoms with van der Waals surface area (Å²) in [4.78, 5) is 2.73. The molecule has 0 amide bonds. The smallest absolute Gasteiger partial charge is 0.206 e. The molecule has 1 unspecified atom stereocenters. The highest BCUT2D eigenvalue weighted by atomic mass is 16.3. The fourth-order valence-electron chi connectivity index (χ4n) is 5.66. The van der Waals surface area contributed by atoms with E-state index in [4.69, 9.17) is 4.42 Å². The number of nitrogens with zero attached hydrogens (tertiary/aromatic N) is 2. The molecule has 3 heterocycles. The zero-order valence-electron chi connectivity index (χ0n) is 15.4. The molecule has 1 atom stereocenters. The Kier molecular flexibility index (Phi) is 3.13. The predicted octanol–water partition coefficient (Wildman–Crippen LogP) is 5.82. The van der Waals surface area contributed by atoms with Crippen molar-refractivity contribution < 1.29 is 4.42 Å². The van der Waals surface area contributed by atoms with Crippen molar-refractivity contribution in [2.75, 3.05) is 4.90 Å². The normalized spacial score (nSPS) is 22.0. The lowest BCUT2D eigenvalue weighted by atomic mass is 9.78. The fourth-order valence-corrected chi connectivity index (χ4v) is 5.66. The Morgan fingerprint density at radius 3 is 2.60 bits per heavy atom. The van der Waals surface area contributed by atoms with Gasteiger partial charge in [-0.25, -0.2) is 0 Å². The van der Waals surface area contributed by atoms with Gasteiger partial charge >= 0.3 is 0 Å². The van der Waals surface area contributed by atoms with Crippen molar-refractivity contribution >= 4 is 16.8 Å². The minimum absolute atomic E-state index is 0.107. The van der Waals surface area contributed by atoms with Gasteiger partial charge in [0.25, 0.3) is 0 Å². The Balaban J connectivity index is 1.81. The average molecular weight is 334 g/mol. The van der Waals surface area contributed by atoms with Gasteiger partial charge in [0, 0.05) is 23.7 Å². The van der Waals surface area contributed by atoms with Crippen LogP contribution in [0.25, 0.3) is 11.1 Å². The highest BCUT2D eigenvalue weighted by Crippen LogP contribution is 2.57. The standard InChI is InChI=1S/C22H26N2O/c1-15-9-5-6-10-18(15)24-16(2)19-17-11-14-25-21(17)23(3)20(19)22(24)12-7-4-8-13-22/h5-6,9-11,14,16H,4,7-8,12-13H2,1-3H3. The molecule has 2 aromatic heterocycles. The Bertz CT molecular complexity index is 942. The van der Waals surface area contributed by atoms with E-state index in [1.165, 1.54) is 60.0 Å². The van der Waals surface area contributed by atoms with Crippen LogP contribution in [-0.2, 0) is 12.6 Å². The molecule has 5 rings (SSSR count). The maximum Gasteiger partial charge on any atom is 0.206 e. The second kappa shape index (κ2) is 5.17. The molecule has 130 valence electrons. The molecule has 1 spiro atoms. The second-order valence-corrected chi connectivity index (χ2v) is 7.89. The molecule has 1 aromatic carbocycles. The van der Waals surface area contributed by atoms with E-state index in [0.717, 1.165) is 5.71 Å². The summed E-state index contributed by atoms with van der Waals surface area (Å²) in [6.07, 6.45) is 8.27. The van der Waals surface area contributed by atoms with E-state index in [1.54, 1.807) is 0 Å². The molecule has 1 aliphatic heterocycles. The molecular weight excluding hydrogens is 308 g/mol. The summed E-state index contributed by atoms with van der Waals surface area (Å²) < 4.78 is 8.18. The van der Waals surface area contributed by atoms with Crippen molar-refractivity contribution in [3.8, 4) is 0 Å². The van der Waals surface area contributed by atoms with E-state index in [2.05, 4.69) is 60.7 Å². The van der Waals surface area contributed by atoms with Crippen LogP contribution in [-0.4, -0.2) is 4.57 Å². The van der Waals surface area contributed by atoms with Crippen LogP contribution in [0.15, 0.2) is 41.0 Å². The zero-order valence-corrected chi connectivity index (χ0v) is 15.4. The zero-order chi connectivity index (χ0) is 17.2. The Morgan fingerprint density at radius 1 is 1.08 bits per heavy atom. The van der Waals surface area contributed by atoms with E-state index in [9.17, 15) is 0 Å². The van der Waals surface area contributed by atoms with Crippen LogP contribution in [0.2, 0.25) is 0 Å². The predicted molar refractivity (Wildman–Crippen MR) is 102 cm³/mol. The molecule has 2 aliphatic rings. The van der Waals surface area contributed by atoms with Gasteiger partial charge in [0.1, 0.15) is 0 Å². The van der Waals surface area contributed by atoms with Gasteiger partial charge in [0.05, 0.1) is 23.5 Å². The third kappa shape index (κ3) is 1.81. The van der Waals surface area contributed by atoms with E-state index < -0.39 is 0 Å². The molecular formula is C22H26N2O. The highest BCUT2D eigenvalue weighted by Gasteiger charge is 2.52. The number of furan rings is 1. The summed E-state index contributed by atoms with van der Waals surface area (Å²) in [5.74, 6) is 0. The second-order valence-electron chi connectivity index (χ2n) is 7.89. The van der Waals surface area contributed by atoms with Crippen LogP contribution < -0.4 is 4.90 Å². The maximum absolute atomic E-state index is 5.84. The topological polar surface area (TPSA) is 21.3 Å². The van der Waals surface area contributed by atoms with Gasteiger partial charge in [0.15, 0.2) is 0 Å². The number of hydrogen-bond donors (Lipinski definition) is 0. The van der Waals surface area contributed by atoms with Crippen molar-refractivity contribution in [2.24, 2.45) is 7.05 Å². The molecule has 3 nitrogen and oxygen atoms in total. The lowest BCUT2D eigenvalue weighted by Crippen LogP contribution is -2.45. The Labute approximate surface area is 149 Å². The molecule has 0 radical (unpaired) electrons. The minimum Gasteiger partial charge on any atom is -0.448 e. The molecule has 0 N–H and O–H groups in total. The minimum atomic E-state index is 0.107. The number of anilines is 1. The van der Waals surface area contributed by atoms with Crippen LogP contribution >= 0.6 is 0 Å². The number of fused-ring (bicyclic) bond motifs is 4. The monoisotopic (exact) mass is 334 g/mol. The van der Waals surface area contributed by atoms with Crippen LogP contribution in [0.4, 0.5) is 5.69 Å². The molecule has 1 fully saturated rings. The molecule has 1 saturated carbocycles. The van der Waals surface area contributed by atoms with Crippen LogP contribution in [0.5, 0.6) is 0 Å². The highest BCUT2D eigenvalue weighted by molar-refractivity contribution is 5.85. The third-order valence-corrected chi connectivity index (χ3v) is 6.59. The van der Waals surface area contributed by atoms with Crippen molar-refractivity contribution in [3.63, 3.8) is 0 Å². The number of benzene rings is 1. The summed E-state index contributed by atoms with van der Waals surface area (Å²) >= 11 is 0. The van der Waals surface area contributed by atoms with Gasteiger partial charge in [-0.05, 0) is 44.4 Å². The van der Waals surface area contributed by atoms with Crippen LogP contribution in [0.3, 0.4) is 0 Å². The van der Waals surface area contributed by atoms with Gasteiger partial charge in [-0.3, -0.25) is 0 Å². The van der Waals surface area contributed by atoms with Gasteiger partial charge in [-0.1, -0.05) is 37.5 Å². The summed E-state index contributed by atoms with van der Waals surface area (Å²) in [6.45, 7) is 4.62. The quantitative estimate of drug-likeness (QED) is 0.559. The SMILES string of the molecule is Cc1ccccc1N1C(C)c2c(n(C)c3occc23)C12CCCCC2. The van der Waals surface area contributed by atoms with Crippen molar-refractivity contribution in [2.45, 2.75) is 57.5 Å². The number of rotatable bonds is 1. The van der Waals surface area contributed by atoms with Crippen LogP contribution in [0.1, 0.15) is 61.9 Å². The van der Waals surface area contributed by atoms with Gasteiger partial charge in [-0.2, -0.15) is 0 Å². The molecule has 0 saturated heterocycles. The Morgan fingerprint density at radius 2 is 1.84 bits per heavy atom.